The van der Waals surface area contributed by atoms with Gasteiger partial charge in [0.2, 0.25) is 0 Å². The molecule has 92 valence electrons. The van der Waals surface area contributed by atoms with E-state index in [-0.39, 0.29) is 24.9 Å². The number of hydrogen-bond donors (Lipinski definition) is 2. The molecule has 0 saturated carbocycles. The number of aliphatic hydroxyl groups excluding tert-OH is 1. The fraction of sp³-hybridized carbons (Fsp3) is 0.455. The second-order valence-corrected chi connectivity index (χ2v) is 4.25. The fourth-order valence-corrected chi connectivity index (χ4v) is 1.86. The highest BCUT2D eigenvalue weighted by atomic mass is 35.5. The third-order valence-corrected chi connectivity index (χ3v) is 3.08. The highest BCUT2D eigenvalue weighted by molar-refractivity contribution is 6.42. The number of likely N-dealkylation sites (N-methyl/N-ethyl adjacent to an activating group) is 1. The van der Waals surface area contributed by atoms with E-state index in [4.69, 9.17) is 28.3 Å². The second-order valence-electron chi connectivity index (χ2n) is 3.44. The first-order valence-electron chi connectivity index (χ1n) is 4.89. The van der Waals surface area contributed by atoms with E-state index in [1.165, 1.54) is 0 Å². The maximum atomic E-state index is 8.96. The topological polar surface area (TPSA) is 32.3 Å². The minimum Gasteiger partial charge on any atom is -0.396 e. The third-order valence-electron chi connectivity index (χ3n) is 2.34. The van der Waals surface area contributed by atoms with Crippen LogP contribution >= 0.6 is 35.6 Å². The lowest BCUT2D eigenvalue weighted by molar-refractivity contribution is 0.274. The molecular weight excluding hydrogens is 268 g/mol. The van der Waals surface area contributed by atoms with Crippen LogP contribution in [0.3, 0.4) is 0 Å². The highest BCUT2D eigenvalue weighted by Crippen LogP contribution is 2.27. The van der Waals surface area contributed by atoms with Crippen LogP contribution in [0.4, 0.5) is 0 Å². The zero-order valence-corrected chi connectivity index (χ0v) is 11.4. The zero-order valence-electron chi connectivity index (χ0n) is 9.04. The predicted octanol–water partition coefficient (Wildman–Crippen LogP) is 3.10. The number of halogens is 3. The van der Waals surface area contributed by atoms with Gasteiger partial charge >= 0.3 is 0 Å². The molecule has 1 atom stereocenters. The van der Waals surface area contributed by atoms with Gasteiger partial charge in [-0.05, 0) is 37.1 Å². The van der Waals surface area contributed by atoms with Crippen LogP contribution in [0.15, 0.2) is 18.2 Å². The van der Waals surface area contributed by atoms with Crippen LogP contribution in [0.2, 0.25) is 10.0 Å². The lowest BCUT2D eigenvalue weighted by Gasteiger charge is -2.16. The minimum absolute atomic E-state index is 0. The summed E-state index contributed by atoms with van der Waals surface area (Å²) in [5.74, 6) is 0.273. The van der Waals surface area contributed by atoms with E-state index in [2.05, 4.69) is 5.32 Å². The molecule has 1 aromatic carbocycles. The maximum absolute atomic E-state index is 8.96. The van der Waals surface area contributed by atoms with Gasteiger partial charge in [0.15, 0.2) is 0 Å². The zero-order chi connectivity index (χ0) is 11.3. The molecule has 16 heavy (non-hydrogen) atoms. The molecule has 1 aromatic rings. The Hall–Kier alpha value is 0.01000. The summed E-state index contributed by atoms with van der Waals surface area (Å²) in [6, 6.07) is 5.60. The van der Waals surface area contributed by atoms with E-state index in [9.17, 15) is 0 Å². The van der Waals surface area contributed by atoms with Gasteiger partial charge in [0, 0.05) is 13.2 Å². The quantitative estimate of drug-likeness (QED) is 0.871. The first-order valence-corrected chi connectivity index (χ1v) is 5.65. The van der Waals surface area contributed by atoms with E-state index in [0.29, 0.717) is 10.0 Å². The average molecular weight is 285 g/mol. The molecule has 1 unspecified atom stereocenters. The highest BCUT2D eigenvalue weighted by Gasteiger charge is 2.11. The predicted molar refractivity (Wildman–Crippen MR) is 72.1 cm³/mol. The number of rotatable bonds is 5. The van der Waals surface area contributed by atoms with Gasteiger partial charge in [-0.3, -0.25) is 0 Å². The first-order chi connectivity index (χ1) is 7.19. The molecule has 1 rings (SSSR count). The van der Waals surface area contributed by atoms with Crippen molar-refractivity contribution in [3.8, 4) is 0 Å². The molecule has 5 heteroatoms. The Morgan fingerprint density at radius 1 is 1.31 bits per heavy atom. The van der Waals surface area contributed by atoms with Gasteiger partial charge < -0.3 is 10.4 Å². The van der Waals surface area contributed by atoms with Crippen LogP contribution in [0.5, 0.6) is 0 Å². The molecular formula is C11H16Cl3NO. The van der Waals surface area contributed by atoms with Gasteiger partial charge in [-0.1, -0.05) is 29.3 Å². The smallest absolute Gasteiger partial charge is 0.0595 e. The van der Waals surface area contributed by atoms with Gasteiger partial charge in [0.25, 0.3) is 0 Å². The monoisotopic (exact) mass is 283 g/mol. The van der Waals surface area contributed by atoms with Crippen LogP contribution < -0.4 is 5.32 Å². The van der Waals surface area contributed by atoms with Crippen molar-refractivity contribution >= 4 is 35.6 Å². The Labute approximate surface area is 112 Å². The first kappa shape index (κ1) is 16.0. The molecule has 0 saturated heterocycles. The number of hydrogen-bond acceptors (Lipinski definition) is 2. The summed E-state index contributed by atoms with van der Waals surface area (Å²) in [6.45, 7) is 0.991. The summed E-state index contributed by atoms with van der Waals surface area (Å²) < 4.78 is 0. The normalized spacial score (nSPS) is 12.0. The van der Waals surface area contributed by atoms with Gasteiger partial charge in [-0.15, -0.1) is 12.4 Å². The fourth-order valence-electron chi connectivity index (χ4n) is 1.56. The van der Waals surface area contributed by atoms with Crippen molar-refractivity contribution < 1.29 is 5.11 Å². The van der Waals surface area contributed by atoms with Crippen LogP contribution in [-0.4, -0.2) is 25.3 Å². The Bertz CT molecular complexity index is 314. The van der Waals surface area contributed by atoms with Gasteiger partial charge in [0.1, 0.15) is 0 Å². The molecule has 0 amide bonds. The molecule has 2 nitrogen and oxygen atoms in total. The Morgan fingerprint density at radius 3 is 2.50 bits per heavy atom. The summed E-state index contributed by atoms with van der Waals surface area (Å²) in [7, 11) is 1.89. The van der Waals surface area contributed by atoms with Crippen molar-refractivity contribution in [3.63, 3.8) is 0 Å². The van der Waals surface area contributed by atoms with Crippen molar-refractivity contribution in [2.45, 2.75) is 12.3 Å². The molecule has 0 fully saturated rings. The van der Waals surface area contributed by atoms with E-state index >= 15 is 0 Å². The lowest BCUT2D eigenvalue weighted by Crippen LogP contribution is -2.18. The van der Waals surface area contributed by atoms with Crippen molar-refractivity contribution in [3.05, 3.63) is 33.8 Å². The van der Waals surface area contributed by atoms with Crippen molar-refractivity contribution in [1.82, 2.24) is 5.32 Å². The van der Waals surface area contributed by atoms with Crippen molar-refractivity contribution in [2.24, 2.45) is 0 Å². The standard InChI is InChI=1S/C11H15Cl2NO.ClH/c1-14-7-9(4-5-15)8-2-3-10(12)11(13)6-8;/h2-3,6,9,14-15H,4-5,7H2,1H3;1H. The van der Waals surface area contributed by atoms with Crippen molar-refractivity contribution in [1.29, 1.82) is 0 Å². The molecule has 0 aromatic heterocycles. The van der Waals surface area contributed by atoms with E-state index in [1.54, 1.807) is 6.07 Å². The molecule has 0 heterocycles. The van der Waals surface area contributed by atoms with Crippen LogP contribution in [0.1, 0.15) is 17.9 Å². The van der Waals surface area contributed by atoms with E-state index < -0.39 is 0 Å². The second kappa shape index (κ2) is 8.15. The van der Waals surface area contributed by atoms with Gasteiger partial charge in [-0.2, -0.15) is 0 Å². The summed E-state index contributed by atoms with van der Waals surface area (Å²) >= 11 is 11.8. The van der Waals surface area contributed by atoms with Crippen LogP contribution in [-0.2, 0) is 0 Å². The largest absolute Gasteiger partial charge is 0.396 e. The molecule has 0 radical (unpaired) electrons. The number of aliphatic hydroxyl groups is 1. The summed E-state index contributed by atoms with van der Waals surface area (Å²) in [5, 5.41) is 13.2. The lowest BCUT2D eigenvalue weighted by atomic mass is 9.96. The average Bonchev–Trinajstić information content (AvgIpc) is 2.22. The Morgan fingerprint density at radius 2 is 2.00 bits per heavy atom. The molecule has 0 aliphatic rings. The molecule has 0 bridgehead atoms. The Balaban J connectivity index is 0.00000225. The van der Waals surface area contributed by atoms with Crippen molar-refractivity contribution in [2.75, 3.05) is 20.2 Å². The number of benzene rings is 1. The van der Waals surface area contributed by atoms with Crippen LogP contribution in [0.25, 0.3) is 0 Å². The van der Waals surface area contributed by atoms with E-state index in [1.807, 2.05) is 19.2 Å². The maximum Gasteiger partial charge on any atom is 0.0595 e. The molecule has 2 N–H and O–H groups in total. The SMILES string of the molecule is CNCC(CCO)c1ccc(Cl)c(Cl)c1.Cl. The molecule has 0 aliphatic carbocycles. The Kier molecular flexibility index (Phi) is 8.16. The van der Waals surface area contributed by atoms with Gasteiger partial charge in [0.05, 0.1) is 10.0 Å². The van der Waals surface area contributed by atoms with Gasteiger partial charge in [-0.25, -0.2) is 0 Å². The molecule has 0 spiro atoms. The number of nitrogens with one attached hydrogen (secondary N) is 1. The summed E-state index contributed by atoms with van der Waals surface area (Å²) in [6.07, 6.45) is 0.721. The van der Waals surface area contributed by atoms with E-state index in [0.717, 1.165) is 18.5 Å². The van der Waals surface area contributed by atoms with Crippen LogP contribution in [0, 0.1) is 0 Å². The third kappa shape index (κ3) is 4.48. The summed E-state index contributed by atoms with van der Waals surface area (Å²) in [5.41, 5.74) is 1.10. The molecule has 0 aliphatic heterocycles. The minimum atomic E-state index is 0. The summed E-state index contributed by atoms with van der Waals surface area (Å²) in [4.78, 5) is 0.